The van der Waals surface area contributed by atoms with Crippen LogP contribution in [0, 0.1) is 0 Å². The van der Waals surface area contributed by atoms with Crippen molar-refractivity contribution in [1.29, 1.82) is 0 Å². The summed E-state index contributed by atoms with van der Waals surface area (Å²) in [6.45, 7) is 9.77. The van der Waals surface area contributed by atoms with Gasteiger partial charge >= 0.3 is 0 Å². The number of rotatable bonds is 6. The fraction of sp³-hybridized carbons (Fsp3) is 0.812. The zero-order valence-corrected chi connectivity index (χ0v) is 14.3. The van der Waals surface area contributed by atoms with E-state index in [9.17, 15) is 0 Å². The summed E-state index contributed by atoms with van der Waals surface area (Å²) in [7, 11) is 1.79. The molecule has 0 saturated heterocycles. The van der Waals surface area contributed by atoms with Crippen molar-refractivity contribution < 1.29 is 4.74 Å². The Kier molecular flexibility index (Phi) is 5.21. The molecular weight excluding hydrogens is 268 g/mol. The summed E-state index contributed by atoms with van der Waals surface area (Å²) < 4.78 is 5.72. The summed E-state index contributed by atoms with van der Waals surface area (Å²) in [5.74, 6) is 0.573. The predicted octanol–water partition coefficient (Wildman–Crippen LogP) is 3.83. The molecule has 1 aliphatic carbocycles. The van der Waals surface area contributed by atoms with E-state index >= 15 is 0 Å². The van der Waals surface area contributed by atoms with E-state index in [4.69, 9.17) is 9.72 Å². The summed E-state index contributed by atoms with van der Waals surface area (Å²) in [6, 6.07) is 0.540. The molecule has 0 radical (unpaired) electrons. The number of ether oxygens (including phenoxy) is 1. The molecule has 0 spiro atoms. The molecule has 0 amide bonds. The van der Waals surface area contributed by atoms with E-state index in [1.807, 2.05) is 11.3 Å². The van der Waals surface area contributed by atoms with Gasteiger partial charge in [0.1, 0.15) is 10.6 Å². The lowest BCUT2D eigenvalue weighted by atomic mass is 9.90. The Labute approximate surface area is 127 Å². The summed E-state index contributed by atoms with van der Waals surface area (Å²) in [5.41, 5.74) is 1.11. The van der Waals surface area contributed by atoms with Gasteiger partial charge in [-0.05, 0) is 32.6 Å². The summed E-state index contributed by atoms with van der Waals surface area (Å²) in [4.78, 5) is 6.46. The molecule has 2 unspecified atom stereocenters. The maximum absolute atomic E-state index is 5.72. The first-order valence-electron chi connectivity index (χ1n) is 7.78. The molecule has 4 heteroatoms. The van der Waals surface area contributed by atoms with Crippen molar-refractivity contribution in [1.82, 2.24) is 10.3 Å². The largest absolute Gasteiger partial charge is 0.371 e. The lowest BCUT2D eigenvalue weighted by Gasteiger charge is -2.24. The first-order valence-corrected chi connectivity index (χ1v) is 8.60. The van der Waals surface area contributed by atoms with Crippen LogP contribution in [0.5, 0.6) is 0 Å². The van der Waals surface area contributed by atoms with E-state index < -0.39 is 0 Å². The average molecular weight is 296 g/mol. The van der Waals surface area contributed by atoms with Gasteiger partial charge in [0.2, 0.25) is 0 Å². The standard InChI is InChI=1S/C16H28N2OS/c1-6-16(4,19-5)15-18-14-12(10-17-11(2)3)8-7-9-13(14)20-15/h11-12,17H,6-10H2,1-5H3. The topological polar surface area (TPSA) is 34.1 Å². The van der Waals surface area contributed by atoms with E-state index in [1.54, 1.807) is 7.11 Å². The van der Waals surface area contributed by atoms with E-state index in [0.29, 0.717) is 12.0 Å². The maximum Gasteiger partial charge on any atom is 0.125 e. The van der Waals surface area contributed by atoms with Crippen LogP contribution in [0.15, 0.2) is 0 Å². The van der Waals surface area contributed by atoms with Crippen molar-refractivity contribution in [3.8, 4) is 0 Å². The minimum Gasteiger partial charge on any atom is -0.371 e. The van der Waals surface area contributed by atoms with Gasteiger partial charge in [-0.1, -0.05) is 20.8 Å². The van der Waals surface area contributed by atoms with Gasteiger partial charge in [-0.15, -0.1) is 11.3 Å². The number of nitrogens with one attached hydrogen (secondary N) is 1. The highest BCUT2D eigenvalue weighted by atomic mass is 32.1. The number of aryl methyl sites for hydroxylation is 1. The lowest BCUT2D eigenvalue weighted by Crippen LogP contribution is -2.29. The van der Waals surface area contributed by atoms with Crippen LogP contribution in [0.4, 0.5) is 0 Å². The normalized spacial score (nSPS) is 21.8. The first kappa shape index (κ1) is 15.9. The Bertz CT molecular complexity index is 438. The molecule has 1 aliphatic rings. The van der Waals surface area contributed by atoms with Crippen molar-refractivity contribution in [2.75, 3.05) is 13.7 Å². The Morgan fingerprint density at radius 2 is 2.25 bits per heavy atom. The number of hydrogen-bond acceptors (Lipinski definition) is 4. The second-order valence-corrected chi connectivity index (χ2v) is 7.35. The molecule has 2 rings (SSSR count). The molecule has 1 aromatic rings. The third kappa shape index (κ3) is 3.23. The van der Waals surface area contributed by atoms with Crippen LogP contribution in [0.2, 0.25) is 0 Å². The van der Waals surface area contributed by atoms with Crippen molar-refractivity contribution in [3.63, 3.8) is 0 Å². The van der Waals surface area contributed by atoms with Crippen LogP contribution in [0.1, 0.15) is 68.5 Å². The van der Waals surface area contributed by atoms with Gasteiger partial charge in [0.15, 0.2) is 0 Å². The molecule has 2 atom stereocenters. The Hall–Kier alpha value is -0.450. The Morgan fingerprint density at radius 3 is 2.85 bits per heavy atom. The molecule has 3 nitrogen and oxygen atoms in total. The van der Waals surface area contributed by atoms with Crippen LogP contribution < -0.4 is 5.32 Å². The molecule has 20 heavy (non-hydrogen) atoms. The Morgan fingerprint density at radius 1 is 1.50 bits per heavy atom. The summed E-state index contributed by atoms with van der Waals surface area (Å²) >= 11 is 1.87. The van der Waals surface area contributed by atoms with E-state index in [0.717, 1.165) is 18.0 Å². The lowest BCUT2D eigenvalue weighted by molar-refractivity contribution is -0.00170. The van der Waals surface area contributed by atoms with Crippen LogP contribution in [0.25, 0.3) is 0 Å². The van der Waals surface area contributed by atoms with Crippen molar-refractivity contribution in [2.24, 2.45) is 0 Å². The predicted molar refractivity (Wildman–Crippen MR) is 85.6 cm³/mol. The maximum atomic E-state index is 5.72. The molecule has 114 valence electrons. The van der Waals surface area contributed by atoms with Crippen LogP contribution >= 0.6 is 11.3 Å². The van der Waals surface area contributed by atoms with Gasteiger partial charge in [0.05, 0.1) is 5.69 Å². The molecular formula is C16H28N2OS. The van der Waals surface area contributed by atoms with E-state index in [1.165, 1.54) is 29.8 Å². The van der Waals surface area contributed by atoms with Gasteiger partial charge < -0.3 is 10.1 Å². The molecule has 0 aliphatic heterocycles. The fourth-order valence-electron chi connectivity index (χ4n) is 2.69. The zero-order chi connectivity index (χ0) is 14.8. The van der Waals surface area contributed by atoms with Crippen LogP contribution in [-0.4, -0.2) is 24.7 Å². The van der Waals surface area contributed by atoms with Gasteiger partial charge in [0.25, 0.3) is 0 Å². The highest BCUT2D eigenvalue weighted by molar-refractivity contribution is 7.11. The molecule has 0 saturated carbocycles. The van der Waals surface area contributed by atoms with Gasteiger partial charge in [0, 0.05) is 30.5 Å². The minimum atomic E-state index is -0.224. The number of fused-ring (bicyclic) bond motifs is 1. The summed E-state index contributed by atoms with van der Waals surface area (Å²) in [6.07, 6.45) is 4.69. The molecule has 1 N–H and O–H groups in total. The Balaban J connectivity index is 2.22. The SMILES string of the molecule is CCC(C)(OC)c1nc2c(s1)CCCC2CNC(C)C. The number of methoxy groups -OCH3 is 1. The summed E-state index contributed by atoms with van der Waals surface area (Å²) in [5, 5.41) is 4.72. The van der Waals surface area contributed by atoms with Crippen molar-refractivity contribution in [3.05, 3.63) is 15.6 Å². The van der Waals surface area contributed by atoms with Gasteiger partial charge in [-0.25, -0.2) is 4.98 Å². The number of hydrogen-bond donors (Lipinski definition) is 1. The zero-order valence-electron chi connectivity index (χ0n) is 13.5. The van der Waals surface area contributed by atoms with Crippen LogP contribution in [0.3, 0.4) is 0 Å². The quantitative estimate of drug-likeness (QED) is 0.866. The van der Waals surface area contributed by atoms with Crippen molar-refractivity contribution >= 4 is 11.3 Å². The number of thiazole rings is 1. The van der Waals surface area contributed by atoms with Crippen LogP contribution in [-0.2, 0) is 16.8 Å². The molecule has 0 fully saturated rings. The third-order valence-corrected chi connectivity index (χ3v) is 5.80. The number of nitrogens with zero attached hydrogens (tertiary/aromatic N) is 1. The molecule has 0 aromatic carbocycles. The van der Waals surface area contributed by atoms with Gasteiger partial charge in [-0.3, -0.25) is 0 Å². The second kappa shape index (κ2) is 6.54. The molecule has 1 heterocycles. The number of aromatic nitrogens is 1. The molecule has 1 aromatic heterocycles. The second-order valence-electron chi connectivity index (χ2n) is 6.27. The smallest absolute Gasteiger partial charge is 0.125 e. The minimum absolute atomic E-state index is 0.224. The molecule has 0 bridgehead atoms. The third-order valence-electron chi connectivity index (χ3n) is 4.42. The monoisotopic (exact) mass is 296 g/mol. The highest BCUT2D eigenvalue weighted by Gasteiger charge is 2.32. The van der Waals surface area contributed by atoms with E-state index in [2.05, 4.69) is 33.0 Å². The van der Waals surface area contributed by atoms with Gasteiger partial charge in [-0.2, -0.15) is 0 Å². The van der Waals surface area contributed by atoms with Crippen molar-refractivity contribution in [2.45, 2.75) is 70.9 Å². The van der Waals surface area contributed by atoms with E-state index in [-0.39, 0.29) is 5.60 Å². The highest BCUT2D eigenvalue weighted by Crippen LogP contribution is 2.39. The first-order chi connectivity index (χ1) is 9.50. The fourth-order valence-corrected chi connectivity index (χ4v) is 4.08. The average Bonchev–Trinajstić information content (AvgIpc) is 2.89.